The van der Waals surface area contributed by atoms with Gasteiger partial charge < -0.3 is 4.52 Å². The van der Waals surface area contributed by atoms with Crippen LogP contribution in [0.5, 0.6) is 0 Å². The Hall–Kier alpha value is -3.18. The van der Waals surface area contributed by atoms with Crippen molar-refractivity contribution < 1.29 is 4.52 Å². The largest absolute Gasteiger partial charge is 0.356 e. The Morgan fingerprint density at radius 3 is 2.59 bits per heavy atom. The van der Waals surface area contributed by atoms with E-state index >= 15 is 0 Å². The van der Waals surface area contributed by atoms with E-state index in [0.717, 1.165) is 55.2 Å². The number of rotatable bonds is 5. The highest BCUT2D eigenvalue weighted by atomic mass is 16.5. The molecule has 1 aliphatic heterocycles. The van der Waals surface area contributed by atoms with E-state index in [1.165, 1.54) is 22.4 Å². The Kier molecular flexibility index (Phi) is 4.74. The van der Waals surface area contributed by atoms with Crippen molar-refractivity contribution in [2.75, 3.05) is 6.54 Å². The van der Waals surface area contributed by atoms with E-state index in [-0.39, 0.29) is 0 Å². The lowest BCUT2D eigenvalue weighted by Gasteiger charge is -2.27. The molecule has 4 aromatic rings. The van der Waals surface area contributed by atoms with Crippen LogP contribution in [0.15, 0.2) is 65.2 Å². The lowest BCUT2D eigenvalue weighted by molar-refractivity contribution is 0.243. The number of fused-ring (bicyclic) bond motifs is 1. The summed E-state index contributed by atoms with van der Waals surface area (Å²) in [5.74, 6) is 0.880. The minimum Gasteiger partial charge on any atom is -0.356 e. The quantitative estimate of drug-likeness (QED) is 0.549. The minimum absolute atomic E-state index is 0.828. The maximum absolute atomic E-state index is 5.69. The number of H-pyrrole nitrogens is 1. The van der Waals surface area contributed by atoms with Crippen molar-refractivity contribution in [3.63, 3.8) is 0 Å². The molecule has 1 aliphatic rings. The van der Waals surface area contributed by atoms with Gasteiger partial charge in [-0.3, -0.25) is 10.00 Å². The summed E-state index contributed by atoms with van der Waals surface area (Å²) in [5.41, 5.74) is 8.28. The number of aryl methyl sites for hydroxylation is 1. The first-order valence-electron chi connectivity index (χ1n) is 10.1. The van der Waals surface area contributed by atoms with Crippen LogP contribution in [0.25, 0.3) is 11.3 Å². The molecule has 0 unspecified atom stereocenters. The van der Waals surface area contributed by atoms with Crippen LogP contribution in [0, 0.1) is 6.92 Å². The molecule has 5 heteroatoms. The molecule has 5 rings (SSSR count). The van der Waals surface area contributed by atoms with Crippen molar-refractivity contribution in [3.8, 4) is 11.3 Å². The van der Waals surface area contributed by atoms with Crippen LogP contribution in [0.4, 0.5) is 0 Å². The third kappa shape index (κ3) is 3.61. The molecule has 0 saturated carbocycles. The van der Waals surface area contributed by atoms with Gasteiger partial charge in [0.15, 0.2) is 5.76 Å². The molecule has 0 amide bonds. The second-order valence-electron chi connectivity index (χ2n) is 7.69. The zero-order valence-electron chi connectivity index (χ0n) is 16.6. The Morgan fingerprint density at radius 1 is 1.03 bits per heavy atom. The number of nitrogens with zero attached hydrogens (tertiary/aromatic N) is 3. The third-order valence-electron chi connectivity index (χ3n) is 5.71. The molecule has 3 heterocycles. The van der Waals surface area contributed by atoms with E-state index < -0.39 is 0 Å². The maximum atomic E-state index is 5.69. The Balaban J connectivity index is 1.37. The highest BCUT2D eigenvalue weighted by Gasteiger charge is 2.25. The van der Waals surface area contributed by atoms with Gasteiger partial charge >= 0.3 is 0 Å². The predicted molar refractivity (Wildman–Crippen MR) is 112 cm³/mol. The normalized spacial score (nSPS) is 14.1. The molecule has 0 spiro atoms. The van der Waals surface area contributed by atoms with E-state index in [0.29, 0.717) is 0 Å². The van der Waals surface area contributed by atoms with Crippen molar-refractivity contribution in [2.24, 2.45) is 0 Å². The molecule has 0 atom stereocenters. The zero-order valence-corrected chi connectivity index (χ0v) is 16.6. The number of hydrogen-bond donors (Lipinski definition) is 1. The first-order chi connectivity index (χ1) is 14.3. The molecule has 146 valence electrons. The molecule has 0 bridgehead atoms. The van der Waals surface area contributed by atoms with Crippen molar-refractivity contribution in [1.29, 1.82) is 0 Å². The molecule has 0 radical (unpaired) electrons. The smallest absolute Gasteiger partial charge is 0.171 e. The fourth-order valence-corrected chi connectivity index (χ4v) is 4.10. The van der Waals surface area contributed by atoms with Gasteiger partial charge in [0.1, 0.15) is 0 Å². The Labute approximate surface area is 170 Å². The number of nitrogens with one attached hydrogen (secondary N) is 1. The van der Waals surface area contributed by atoms with Crippen LogP contribution in [-0.2, 0) is 25.9 Å². The highest BCUT2D eigenvalue weighted by molar-refractivity contribution is 5.61. The summed E-state index contributed by atoms with van der Waals surface area (Å²) in [6, 6.07) is 20.8. The lowest BCUT2D eigenvalue weighted by Crippen LogP contribution is -2.30. The van der Waals surface area contributed by atoms with Crippen molar-refractivity contribution in [2.45, 2.75) is 32.9 Å². The molecular weight excluding hydrogens is 360 g/mol. The fraction of sp³-hybridized carbons (Fsp3) is 0.250. The molecule has 2 aromatic carbocycles. The fourth-order valence-electron chi connectivity index (χ4n) is 4.10. The van der Waals surface area contributed by atoms with Crippen LogP contribution in [-0.4, -0.2) is 26.8 Å². The number of aromatic nitrogens is 3. The number of aromatic amines is 1. The van der Waals surface area contributed by atoms with Crippen LogP contribution < -0.4 is 0 Å². The van der Waals surface area contributed by atoms with E-state index in [1.54, 1.807) is 0 Å². The third-order valence-corrected chi connectivity index (χ3v) is 5.71. The SMILES string of the molecule is Cc1noc(-c2ccccc2)c1CN1CCc2[nH]nc(Cc3ccccc3)c2C1. The van der Waals surface area contributed by atoms with E-state index in [9.17, 15) is 0 Å². The number of hydrogen-bond acceptors (Lipinski definition) is 4. The first kappa shape index (κ1) is 17.9. The summed E-state index contributed by atoms with van der Waals surface area (Å²) in [7, 11) is 0. The van der Waals surface area contributed by atoms with Gasteiger partial charge in [0.05, 0.1) is 11.4 Å². The summed E-state index contributed by atoms with van der Waals surface area (Å²) in [6.45, 7) is 4.75. The summed E-state index contributed by atoms with van der Waals surface area (Å²) in [4.78, 5) is 2.47. The zero-order chi connectivity index (χ0) is 19.6. The molecule has 0 saturated heterocycles. The second-order valence-corrected chi connectivity index (χ2v) is 7.69. The standard InChI is InChI=1S/C24H24N4O/c1-17-20(24(29-27-17)19-10-6-3-7-11-19)15-28-13-12-22-21(16-28)23(26-25-22)14-18-8-4-2-5-9-18/h2-11H,12-16H2,1H3,(H,25,26). The van der Waals surface area contributed by atoms with Gasteiger partial charge in [0.2, 0.25) is 0 Å². The average molecular weight is 384 g/mol. The van der Waals surface area contributed by atoms with Gasteiger partial charge in [-0.2, -0.15) is 5.10 Å². The molecule has 0 aliphatic carbocycles. The second kappa shape index (κ2) is 7.68. The summed E-state index contributed by atoms with van der Waals surface area (Å²) in [5, 5.41) is 12.1. The van der Waals surface area contributed by atoms with Crippen molar-refractivity contribution in [3.05, 3.63) is 94.4 Å². The van der Waals surface area contributed by atoms with Gasteiger partial charge in [-0.05, 0) is 12.5 Å². The van der Waals surface area contributed by atoms with E-state index in [1.807, 2.05) is 25.1 Å². The first-order valence-corrected chi connectivity index (χ1v) is 10.1. The van der Waals surface area contributed by atoms with Crippen LogP contribution in [0.3, 0.4) is 0 Å². The molecule has 0 fully saturated rings. The average Bonchev–Trinajstić information content (AvgIpc) is 3.33. The Bertz CT molecular complexity index is 1100. The van der Waals surface area contributed by atoms with Gasteiger partial charge in [0.25, 0.3) is 0 Å². The van der Waals surface area contributed by atoms with Crippen molar-refractivity contribution >= 4 is 0 Å². The minimum atomic E-state index is 0.828. The van der Waals surface area contributed by atoms with Crippen LogP contribution in [0.2, 0.25) is 0 Å². The predicted octanol–water partition coefficient (Wildman–Crippen LogP) is 4.52. The molecule has 2 aromatic heterocycles. The van der Waals surface area contributed by atoms with E-state index in [2.05, 4.69) is 62.7 Å². The van der Waals surface area contributed by atoms with Gasteiger partial charge in [-0.1, -0.05) is 65.8 Å². The van der Waals surface area contributed by atoms with E-state index in [4.69, 9.17) is 4.52 Å². The topological polar surface area (TPSA) is 58.0 Å². The number of benzene rings is 2. The summed E-state index contributed by atoms with van der Waals surface area (Å²) >= 11 is 0. The van der Waals surface area contributed by atoms with Crippen LogP contribution >= 0.6 is 0 Å². The van der Waals surface area contributed by atoms with Crippen LogP contribution in [0.1, 0.15) is 33.8 Å². The lowest BCUT2D eigenvalue weighted by atomic mass is 10.00. The molecular formula is C24H24N4O. The maximum Gasteiger partial charge on any atom is 0.171 e. The van der Waals surface area contributed by atoms with Crippen molar-refractivity contribution in [1.82, 2.24) is 20.3 Å². The van der Waals surface area contributed by atoms with Gasteiger partial charge in [-0.25, -0.2) is 0 Å². The monoisotopic (exact) mass is 384 g/mol. The summed E-state index contributed by atoms with van der Waals surface area (Å²) in [6.07, 6.45) is 1.85. The highest BCUT2D eigenvalue weighted by Crippen LogP contribution is 2.29. The van der Waals surface area contributed by atoms with Gasteiger partial charge in [-0.15, -0.1) is 0 Å². The summed E-state index contributed by atoms with van der Waals surface area (Å²) < 4.78 is 5.69. The molecule has 29 heavy (non-hydrogen) atoms. The molecule has 5 nitrogen and oxygen atoms in total. The molecule has 1 N–H and O–H groups in total. The van der Waals surface area contributed by atoms with Gasteiger partial charge in [0, 0.05) is 54.9 Å². The Morgan fingerprint density at radius 2 is 1.79 bits per heavy atom.